The summed E-state index contributed by atoms with van der Waals surface area (Å²) in [5.74, 6) is 0.657. The average Bonchev–Trinajstić information content (AvgIpc) is 2.47. The first-order chi connectivity index (χ1) is 9.79. The number of hydrogen-bond acceptors (Lipinski definition) is 1. The van der Waals surface area contributed by atoms with Gasteiger partial charge in [-0.1, -0.05) is 78.4 Å². The van der Waals surface area contributed by atoms with E-state index < -0.39 is 0 Å². The Morgan fingerprint density at radius 3 is 2.10 bits per heavy atom. The van der Waals surface area contributed by atoms with Crippen LogP contribution in [0.1, 0.15) is 85.0 Å². The summed E-state index contributed by atoms with van der Waals surface area (Å²) in [6, 6.07) is 0. The van der Waals surface area contributed by atoms with E-state index in [0.29, 0.717) is 5.92 Å². The van der Waals surface area contributed by atoms with E-state index in [4.69, 9.17) is 0 Å². The van der Waals surface area contributed by atoms with Crippen LogP contribution in [0.2, 0.25) is 0 Å². The van der Waals surface area contributed by atoms with Crippen LogP contribution in [0.5, 0.6) is 0 Å². The van der Waals surface area contributed by atoms with Gasteiger partial charge in [0.1, 0.15) is 0 Å². The zero-order valence-electron chi connectivity index (χ0n) is 14.0. The highest BCUT2D eigenvalue weighted by Crippen LogP contribution is 2.26. The Morgan fingerprint density at radius 2 is 1.55 bits per heavy atom. The lowest BCUT2D eigenvalue weighted by Crippen LogP contribution is -2.03. The molecule has 0 rings (SSSR count). The lowest BCUT2D eigenvalue weighted by atomic mass is 9.88. The minimum atomic E-state index is 0.657. The molecule has 0 heterocycles. The third-order valence-electron chi connectivity index (χ3n) is 3.78. The second-order valence-electron chi connectivity index (χ2n) is 5.62. The number of aliphatic imine (C=N–C) groups is 1. The van der Waals surface area contributed by atoms with Crippen LogP contribution in [0.15, 0.2) is 29.4 Å². The molecular formula is C19H35N. The zero-order valence-corrected chi connectivity index (χ0v) is 14.0. The van der Waals surface area contributed by atoms with Crippen molar-refractivity contribution in [1.82, 2.24) is 0 Å². The van der Waals surface area contributed by atoms with Gasteiger partial charge in [-0.2, -0.15) is 0 Å². The molecule has 0 bridgehead atoms. The van der Waals surface area contributed by atoms with Crippen molar-refractivity contribution in [1.29, 1.82) is 0 Å². The topological polar surface area (TPSA) is 12.4 Å². The van der Waals surface area contributed by atoms with Crippen molar-refractivity contribution in [3.05, 3.63) is 24.4 Å². The number of nitrogens with zero attached hydrogens (tertiary/aromatic N) is 1. The van der Waals surface area contributed by atoms with Crippen molar-refractivity contribution < 1.29 is 0 Å². The Kier molecular flexibility index (Phi) is 13.9. The molecule has 0 amide bonds. The van der Waals surface area contributed by atoms with Crippen LogP contribution >= 0.6 is 0 Å². The fraction of sp³-hybridized carbons (Fsp3) is 0.737. The monoisotopic (exact) mass is 277 g/mol. The van der Waals surface area contributed by atoms with Crippen LogP contribution < -0.4 is 0 Å². The van der Waals surface area contributed by atoms with Gasteiger partial charge >= 0.3 is 0 Å². The third kappa shape index (κ3) is 10.00. The zero-order chi connectivity index (χ0) is 15.1. The van der Waals surface area contributed by atoms with Crippen LogP contribution in [-0.4, -0.2) is 6.21 Å². The summed E-state index contributed by atoms with van der Waals surface area (Å²) in [7, 11) is 0. The minimum Gasteiger partial charge on any atom is -0.269 e. The molecule has 0 aliphatic carbocycles. The highest BCUT2D eigenvalue weighted by atomic mass is 14.7. The summed E-state index contributed by atoms with van der Waals surface area (Å²) in [6.07, 6.45) is 19.0. The number of rotatable bonds is 13. The molecule has 116 valence electrons. The van der Waals surface area contributed by atoms with Crippen LogP contribution in [0, 0.1) is 5.92 Å². The van der Waals surface area contributed by atoms with Gasteiger partial charge in [-0.05, 0) is 30.8 Å². The first-order valence-electron chi connectivity index (χ1n) is 8.64. The molecule has 0 aromatic carbocycles. The largest absolute Gasteiger partial charge is 0.269 e. The Balaban J connectivity index is 4.47. The van der Waals surface area contributed by atoms with Gasteiger partial charge < -0.3 is 0 Å². The van der Waals surface area contributed by atoms with Gasteiger partial charge in [-0.3, -0.25) is 4.99 Å². The first-order valence-corrected chi connectivity index (χ1v) is 8.64. The molecule has 1 nitrogen and oxygen atoms in total. The van der Waals surface area contributed by atoms with E-state index in [0.717, 1.165) is 6.42 Å². The summed E-state index contributed by atoms with van der Waals surface area (Å²) in [4.78, 5) is 4.40. The van der Waals surface area contributed by atoms with E-state index in [1.165, 1.54) is 63.4 Å². The van der Waals surface area contributed by atoms with Gasteiger partial charge in [0.25, 0.3) is 0 Å². The SMILES string of the molecule is C=C/C(=C\N=C/CC)C(CCCCC)CCCCCC. The summed E-state index contributed by atoms with van der Waals surface area (Å²) >= 11 is 0. The van der Waals surface area contributed by atoms with Gasteiger partial charge in [0.05, 0.1) is 0 Å². The highest BCUT2D eigenvalue weighted by Gasteiger charge is 2.11. The van der Waals surface area contributed by atoms with Crippen molar-refractivity contribution >= 4 is 6.21 Å². The highest BCUT2D eigenvalue weighted by molar-refractivity contribution is 5.57. The van der Waals surface area contributed by atoms with E-state index in [2.05, 4.69) is 32.3 Å². The predicted octanol–water partition coefficient (Wildman–Crippen LogP) is 6.70. The van der Waals surface area contributed by atoms with E-state index in [1.807, 2.05) is 18.5 Å². The summed E-state index contributed by atoms with van der Waals surface area (Å²) in [5.41, 5.74) is 1.34. The molecule has 0 saturated heterocycles. The molecule has 1 atom stereocenters. The Bertz CT molecular complexity index is 275. The van der Waals surface area contributed by atoms with E-state index in [1.54, 1.807) is 0 Å². The van der Waals surface area contributed by atoms with Crippen molar-refractivity contribution in [3.63, 3.8) is 0 Å². The van der Waals surface area contributed by atoms with Gasteiger partial charge in [0.15, 0.2) is 0 Å². The molecule has 0 aliphatic rings. The quantitative estimate of drug-likeness (QED) is 0.202. The molecule has 0 saturated carbocycles. The predicted molar refractivity (Wildman–Crippen MR) is 93.5 cm³/mol. The maximum absolute atomic E-state index is 4.40. The summed E-state index contributed by atoms with van der Waals surface area (Å²) in [5, 5.41) is 0. The summed E-state index contributed by atoms with van der Waals surface area (Å²) < 4.78 is 0. The number of hydrogen-bond donors (Lipinski definition) is 0. The van der Waals surface area contributed by atoms with Crippen LogP contribution in [0.4, 0.5) is 0 Å². The molecular weight excluding hydrogens is 242 g/mol. The van der Waals surface area contributed by atoms with Crippen LogP contribution in [0.25, 0.3) is 0 Å². The molecule has 1 heteroatoms. The smallest absolute Gasteiger partial charge is 0.0298 e. The molecule has 0 aromatic heterocycles. The van der Waals surface area contributed by atoms with Crippen molar-refractivity contribution in [3.8, 4) is 0 Å². The lowest BCUT2D eigenvalue weighted by Gasteiger charge is -2.17. The van der Waals surface area contributed by atoms with Crippen LogP contribution in [0.3, 0.4) is 0 Å². The fourth-order valence-electron chi connectivity index (χ4n) is 2.50. The van der Waals surface area contributed by atoms with E-state index in [9.17, 15) is 0 Å². The molecule has 0 spiro atoms. The Morgan fingerprint density at radius 1 is 0.950 bits per heavy atom. The van der Waals surface area contributed by atoms with E-state index >= 15 is 0 Å². The molecule has 0 aliphatic heterocycles. The third-order valence-corrected chi connectivity index (χ3v) is 3.78. The molecule has 0 radical (unpaired) electrons. The number of unbranched alkanes of at least 4 members (excludes halogenated alkanes) is 5. The molecule has 0 fully saturated rings. The van der Waals surface area contributed by atoms with Gasteiger partial charge in [0, 0.05) is 12.4 Å². The fourth-order valence-corrected chi connectivity index (χ4v) is 2.50. The van der Waals surface area contributed by atoms with E-state index in [-0.39, 0.29) is 0 Å². The van der Waals surface area contributed by atoms with Crippen LogP contribution in [-0.2, 0) is 0 Å². The Hall–Kier alpha value is -0.850. The minimum absolute atomic E-state index is 0.657. The van der Waals surface area contributed by atoms with Crippen molar-refractivity contribution in [2.24, 2.45) is 10.9 Å². The normalized spacial score (nSPS) is 13.8. The molecule has 1 unspecified atom stereocenters. The van der Waals surface area contributed by atoms with Crippen molar-refractivity contribution in [2.75, 3.05) is 0 Å². The second-order valence-corrected chi connectivity index (χ2v) is 5.62. The van der Waals surface area contributed by atoms with Crippen molar-refractivity contribution in [2.45, 2.75) is 85.0 Å². The second kappa shape index (κ2) is 14.6. The molecule has 0 N–H and O–H groups in total. The maximum Gasteiger partial charge on any atom is 0.0298 e. The van der Waals surface area contributed by atoms with Gasteiger partial charge in [-0.15, -0.1) is 0 Å². The lowest BCUT2D eigenvalue weighted by molar-refractivity contribution is 0.464. The molecule has 20 heavy (non-hydrogen) atoms. The van der Waals surface area contributed by atoms with Gasteiger partial charge in [-0.25, -0.2) is 0 Å². The number of allylic oxidation sites excluding steroid dienone is 2. The summed E-state index contributed by atoms with van der Waals surface area (Å²) in [6.45, 7) is 10.7. The average molecular weight is 277 g/mol. The first kappa shape index (κ1) is 19.1. The molecule has 0 aromatic rings. The standard InChI is InChI=1S/C19H35N/c1-5-9-11-13-15-19(14-12-10-6-2)18(8-4)17-20-16-7-3/h8,16-17,19H,4-7,9-15H2,1-3H3/b18-17+,20-16-. The Labute approximate surface area is 127 Å². The maximum atomic E-state index is 4.40. The van der Waals surface area contributed by atoms with Gasteiger partial charge in [0.2, 0.25) is 0 Å².